The smallest absolute Gasteiger partial charge is 0.395 e. The van der Waals surface area contributed by atoms with Crippen molar-refractivity contribution in [1.82, 2.24) is 24.9 Å². The van der Waals surface area contributed by atoms with Gasteiger partial charge < -0.3 is 34.7 Å². The number of fused-ring (bicyclic) bond motifs is 1. The molecule has 3 fully saturated rings. The Morgan fingerprint density at radius 2 is 1.59 bits per heavy atom. The van der Waals surface area contributed by atoms with Crippen LogP contribution in [0.15, 0.2) is 40.8 Å². The number of furan rings is 1. The van der Waals surface area contributed by atoms with E-state index >= 15 is 0 Å². The summed E-state index contributed by atoms with van der Waals surface area (Å²) in [7, 11) is 0. The van der Waals surface area contributed by atoms with Crippen molar-refractivity contribution in [1.29, 1.82) is 0 Å². The number of nitrogens with one attached hydrogen (secondary N) is 2. The van der Waals surface area contributed by atoms with E-state index < -0.39 is 22.8 Å². The number of likely N-dealkylation sites (tertiary alicyclic amines) is 3. The normalized spacial score (nSPS) is 20.5. The number of hydrogen-bond donors (Lipinski definition) is 2. The van der Waals surface area contributed by atoms with Gasteiger partial charge >= 0.3 is 11.9 Å². The van der Waals surface area contributed by atoms with E-state index in [4.69, 9.17) is 4.42 Å². The third-order valence-electron chi connectivity index (χ3n) is 9.78. The Hall–Kier alpha value is -4.46. The molecule has 0 aliphatic carbocycles. The van der Waals surface area contributed by atoms with E-state index in [1.165, 1.54) is 25.3 Å². The highest BCUT2D eigenvalue weighted by atomic mass is 16.6. The maximum absolute atomic E-state index is 13.8. The summed E-state index contributed by atoms with van der Waals surface area (Å²) < 4.78 is 5.06. The molecule has 1 aromatic heterocycles. The van der Waals surface area contributed by atoms with E-state index in [2.05, 4.69) is 15.5 Å². The van der Waals surface area contributed by atoms with Gasteiger partial charge in [0, 0.05) is 50.5 Å². The molecule has 0 unspecified atom stereocenters. The number of anilines is 1. The molecular weight excluding hydrogens is 594 g/mol. The first-order valence-electron chi connectivity index (χ1n) is 16.3. The van der Waals surface area contributed by atoms with Crippen LogP contribution in [0.4, 0.5) is 16.4 Å². The van der Waals surface area contributed by atoms with Crippen LogP contribution in [0.3, 0.4) is 0 Å². The number of carbonyl (C=O) groups excluding carboxylic acids is 4. The van der Waals surface area contributed by atoms with Gasteiger partial charge in [0.2, 0.25) is 11.8 Å². The number of hydrogen-bond acceptors (Lipinski definition) is 8. The van der Waals surface area contributed by atoms with Gasteiger partial charge in [0.15, 0.2) is 5.76 Å². The molecular formula is C32H41N7O7. The predicted octanol–water partition coefficient (Wildman–Crippen LogP) is 3.19. The van der Waals surface area contributed by atoms with Crippen LogP contribution in [0.5, 0.6) is 0 Å². The molecule has 2 N–H and O–H groups in total. The van der Waals surface area contributed by atoms with Gasteiger partial charge in [-0.1, -0.05) is 24.6 Å². The van der Waals surface area contributed by atoms with Crippen LogP contribution >= 0.6 is 0 Å². The average molecular weight is 636 g/mol. The third-order valence-corrected chi connectivity index (χ3v) is 9.78. The highest BCUT2D eigenvalue weighted by Crippen LogP contribution is 2.28. The molecule has 5 amide bonds. The Kier molecular flexibility index (Phi) is 9.52. The summed E-state index contributed by atoms with van der Waals surface area (Å²) in [5, 5.41) is 16.7. The van der Waals surface area contributed by atoms with Crippen molar-refractivity contribution in [2.75, 3.05) is 44.6 Å². The molecule has 0 bridgehead atoms. The zero-order valence-electron chi connectivity index (χ0n) is 25.9. The molecule has 0 spiro atoms. The molecule has 4 aliphatic heterocycles. The summed E-state index contributed by atoms with van der Waals surface area (Å²) in [6.07, 6.45) is 6.22. The van der Waals surface area contributed by atoms with Crippen LogP contribution in [-0.2, 0) is 16.1 Å². The highest BCUT2D eigenvalue weighted by molar-refractivity contribution is 5.97. The van der Waals surface area contributed by atoms with Gasteiger partial charge in [-0.15, -0.1) is 0 Å². The highest BCUT2D eigenvalue weighted by Gasteiger charge is 2.37. The lowest BCUT2D eigenvalue weighted by Crippen LogP contribution is -2.55. The summed E-state index contributed by atoms with van der Waals surface area (Å²) in [5.41, 5.74) is 1.86. The van der Waals surface area contributed by atoms with Gasteiger partial charge in [0.05, 0.1) is 12.5 Å². The minimum atomic E-state index is -1.15. The Bertz CT molecular complexity index is 1460. The van der Waals surface area contributed by atoms with Crippen LogP contribution < -0.4 is 10.6 Å². The van der Waals surface area contributed by atoms with Gasteiger partial charge in [-0.25, -0.2) is 4.79 Å². The summed E-state index contributed by atoms with van der Waals surface area (Å²) in [5.74, 6) is -2.31. The number of benzene rings is 1. The Morgan fingerprint density at radius 3 is 2.28 bits per heavy atom. The first kappa shape index (κ1) is 31.5. The zero-order valence-corrected chi connectivity index (χ0v) is 25.9. The number of carbonyl (C=O) groups is 4. The topological polar surface area (TPSA) is 162 Å². The molecule has 3 saturated heterocycles. The summed E-state index contributed by atoms with van der Waals surface area (Å²) >= 11 is 0. The fourth-order valence-electron chi connectivity index (χ4n) is 7.18. The third kappa shape index (κ3) is 7.01. The Morgan fingerprint density at radius 1 is 0.913 bits per heavy atom. The van der Waals surface area contributed by atoms with Crippen molar-refractivity contribution in [2.24, 2.45) is 0 Å². The van der Waals surface area contributed by atoms with E-state index in [1.54, 1.807) is 9.80 Å². The van der Waals surface area contributed by atoms with Crippen molar-refractivity contribution in [2.45, 2.75) is 76.0 Å². The maximum Gasteiger partial charge on any atom is 0.433 e. The van der Waals surface area contributed by atoms with Gasteiger partial charge in [-0.3, -0.25) is 24.5 Å². The predicted molar refractivity (Wildman–Crippen MR) is 167 cm³/mol. The van der Waals surface area contributed by atoms with Gasteiger partial charge in [0.1, 0.15) is 11.0 Å². The van der Waals surface area contributed by atoms with E-state index in [-0.39, 0.29) is 36.1 Å². The van der Waals surface area contributed by atoms with Crippen LogP contribution in [-0.4, -0.2) is 106 Å². The second-order valence-corrected chi connectivity index (χ2v) is 12.6. The molecule has 5 heterocycles. The van der Waals surface area contributed by atoms with E-state index in [0.29, 0.717) is 51.6 Å². The van der Waals surface area contributed by atoms with Gasteiger partial charge in [-0.05, 0) is 69.3 Å². The number of nitro groups is 1. The SMILES string of the molecule is O=C(N[C@@H](CC(=O)N1CCC(N2Cc3ccccc3NC2=O)CC1)C(=O)N1CCC(N2CCCCC2)CC1)c1ccc([N+](=O)[O-])o1. The maximum atomic E-state index is 13.8. The summed E-state index contributed by atoms with van der Waals surface area (Å²) in [6, 6.07) is 9.03. The van der Waals surface area contributed by atoms with Gasteiger partial charge in [0.25, 0.3) is 5.91 Å². The van der Waals surface area contributed by atoms with Crippen molar-refractivity contribution in [3.63, 3.8) is 0 Å². The van der Waals surface area contributed by atoms with E-state index in [0.717, 1.165) is 43.2 Å². The minimum absolute atomic E-state index is 0.0366. The summed E-state index contributed by atoms with van der Waals surface area (Å²) in [4.78, 5) is 71.3. The second-order valence-electron chi connectivity index (χ2n) is 12.6. The van der Waals surface area contributed by atoms with Crippen LogP contribution in [0.2, 0.25) is 0 Å². The van der Waals surface area contributed by atoms with Crippen LogP contribution in [0.1, 0.15) is 67.5 Å². The molecule has 4 aliphatic rings. The molecule has 6 rings (SSSR count). The lowest BCUT2D eigenvalue weighted by molar-refractivity contribution is -0.402. The van der Waals surface area contributed by atoms with E-state index in [9.17, 15) is 29.3 Å². The number of rotatable bonds is 8. The van der Waals surface area contributed by atoms with Crippen LogP contribution in [0, 0.1) is 10.1 Å². The molecule has 0 saturated carbocycles. The second kappa shape index (κ2) is 13.9. The Balaban J connectivity index is 1.08. The monoisotopic (exact) mass is 635 g/mol. The molecule has 0 radical (unpaired) electrons. The molecule has 14 heteroatoms. The Labute approximate surface area is 267 Å². The number of piperidine rings is 3. The fraction of sp³-hybridized carbons (Fsp3) is 0.562. The lowest BCUT2D eigenvalue weighted by atomic mass is 9.98. The van der Waals surface area contributed by atoms with E-state index in [1.807, 2.05) is 29.2 Å². The lowest BCUT2D eigenvalue weighted by Gasteiger charge is -2.41. The van der Waals surface area contributed by atoms with Crippen molar-refractivity contribution in [3.05, 3.63) is 57.8 Å². The first-order chi connectivity index (χ1) is 22.3. The molecule has 14 nitrogen and oxygen atoms in total. The molecule has 246 valence electrons. The average Bonchev–Trinajstić information content (AvgIpc) is 3.59. The standard InChI is InChI=1S/C32H41N7O7/c40-28(36-16-12-24(13-17-36)38-21-22-6-2-3-7-25(22)34-32(38)43)20-26(33-30(41)27-8-9-29(46-27)39(44)45)31(42)37-18-10-23(11-19-37)35-14-4-1-5-15-35/h2-3,6-9,23-24,26H,1,4-5,10-21H2,(H,33,41)(H,34,43)/t26-/m0/s1. The van der Waals surface area contributed by atoms with Crippen molar-refractivity contribution >= 4 is 35.3 Å². The molecule has 1 atom stereocenters. The fourth-order valence-corrected chi connectivity index (χ4v) is 7.18. The minimum Gasteiger partial charge on any atom is -0.395 e. The van der Waals surface area contributed by atoms with Gasteiger partial charge in [-0.2, -0.15) is 0 Å². The van der Waals surface area contributed by atoms with Crippen molar-refractivity contribution < 1.29 is 28.5 Å². The molecule has 46 heavy (non-hydrogen) atoms. The van der Waals surface area contributed by atoms with Crippen molar-refractivity contribution in [3.8, 4) is 0 Å². The largest absolute Gasteiger partial charge is 0.433 e. The number of para-hydroxylation sites is 1. The summed E-state index contributed by atoms with van der Waals surface area (Å²) in [6.45, 7) is 4.53. The first-order valence-corrected chi connectivity index (χ1v) is 16.3. The quantitative estimate of drug-likeness (QED) is 0.330. The number of urea groups is 1. The van der Waals surface area contributed by atoms with Crippen LogP contribution in [0.25, 0.3) is 0 Å². The molecule has 1 aromatic carbocycles. The molecule has 2 aromatic rings. The number of nitrogens with zero attached hydrogens (tertiary/aromatic N) is 5. The number of amides is 5. The zero-order chi connectivity index (χ0) is 32.2.